The summed E-state index contributed by atoms with van der Waals surface area (Å²) in [5, 5.41) is 0. The van der Waals surface area contributed by atoms with Crippen LogP contribution in [0.15, 0.2) is 97.1 Å². The zero-order valence-electron chi connectivity index (χ0n) is 18.8. The molecule has 0 radical (unpaired) electrons. The molecule has 0 heterocycles. The maximum atomic E-state index is 11.3. The van der Waals surface area contributed by atoms with Crippen LogP contribution in [-0.2, 0) is 0 Å². The SMILES string of the molecule is O=Cc1ccc([B-](c2ccc(C=O)cc2)(c2ccc(C=O)cc2)c2ccc(C=O)cc2)cc1.[Na+]. The van der Waals surface area contributed by atoms with E-state index >= 15 is 0 Å². The predicted molar refractivity (Wildman–Crippen MR) is 132 cm³/mol. The van der Waals surface area contributed by atoms with Crippen LogP contribution < -0.4 is 51.4 Å². The Hall–Kier alpha value is -3.38. The summed E-state index contributed by atoms with van der Waals surface area (Å²) in [6.07, 6.45) is 1.44. The fourth-order valence-corrected chi connectivity index (χ4v) is 4.61. The van der Waals surface area contributed by atoms with Crippen LogP contribution in [0.3, 0.4) is 0 Å². The van der Waals surface area contributed by atoms with Crippen LogP contribution in [0.1, 0.15) is 41.4 Å². The minimum atomic E-state index is -1.76. The molecule has 34 heavy (non-hydrogen) atoms. The number of carbonyl (C=O) groups is 4. The summed E-state index contributed by atoms with van der Waals surface area (Å²) in [5.41, 5.74) is 6.07. The Bertz CT molecular complexity index is 1090. The first kappa shape index (κ1) is 25.3. The van der Waals surface area contributed by atoms with E-state index in [-0.39, 0.29) is 29.6 Å². The van der Waals surface area contributed by atoms with Crippen molar-refractivity contribution in [1.82, 2.24) is 0 Å². The Kier molecular flexibility index (Phi) is 8.29. The number of carbonyl (C=O) groups excluding carboxylic acids is 4. The Balaban J connectivity index is 0.00000324. The first-order valence-electron chi connectivity index (χ1n) is 10.5. The Morgan fingerprint density at radius 1 is 0.353 bits per heavy atom. The summed E-state index contributed by atoms with van der Waals surface area (Å²) in [6, 6.07) is 29.6. The topological polar surface area (TPSA) is 68.3 Å². The second-order valence-electron chi connectivity index (χ2n) is 8.00. The van der Waals surface area contributed by atoms with E-state index in [4.69, 9.17) is 0 Å². The first-order chi connectivity index (χ1) is 16.1. The average molecular weight is 454 g/mol. The molecular weight excluding hydrogens is 434 g/mol. The summed E-state index contributed by atoms with van der Waals surface area (Å²) in [6.45, 7) is 0. The van der Waals surface area contributed by atoms with Gasteiger partial charge in [-0.15, -0.1) is 0 Å². The van der Waals surface area contributed by atoms with E-state index in [1.807, 2.05) is 48.5 Å². The zero-order chi connectivity index (χ0) is 23.3. The molecule has 0 saturated heterocycles. The molecule has 0 fully saturated rings. The van der Waals surface area contributed by atoms with Gasteiger partial charge >= 0.3 is 29.6 Å². The van der Waals surface area contributed by atoms with E-state index in [0.29, 0.717) is 22.3 Å². The second kappa shape index (κ2) is 11.2. The molecule has 6 heteroatoms. The smallest absolute Gasteiger partial charge is 0.298 e. The third-order valence-corrected chi connectivity index (χ3v) is 6.29. The van der Waals surface area contributed by atoms with Crippen molar-refractivity contribution in [2.24, 2.45) is 0 Å². The van der Waals surface area contributed by atoms with Gasteiger partial charge in [-0.3, -0.25) is 19.2 Å². The van der Waals surface area contributed by atoms with E-state index in [1.54, 1.807) is 48.5 Å². The van der Waals surface area contributed by atoms with Gasteiger partial charge in [0.25, 0.3) is 0 Å². The van der Waals surface area contributed by atoms with Crippen molar-refractivity contribution >= 4 is 53.1 Å². The molecule has 0 aromatic heterocycles. The number of rotatable bonds is 8. The van der Waals surface area contributed by atoms with Crippen LogP contribution >= 0.6 is 0 Å². The molecule has 0 N–H and O–H groups in total. The van der Waals surface area contributed by atoms with Crippen molar-refractivity contribution in [3.8, 4) is 0 Å². The third-order valence-electron chi connectivity index (χ3n) is 6.29. The van der Waals surface area contributed by atoms with Gasteiger partial charge in [-0.1, -0.05) is 97.1 Å². The molecule has 4 aromatic rings. The van der Waals surface area contributed by atoms with Crippen LogP contribution in [0.5, 0.6) is 0 Å². The van der Waals surface area contributed by atoms with Crippen LogP contribution in [-0.4, -0.2) is 31.3 Å². The van der Waals surface area contributed by atoms with Crippen LogP contribution in [0, 0.1) is 0 Å². The molecule has 0 aliphatic rings. The zero-order valence-corrected chi connectivity index (χ0v) is 20.8. The van der Waals surface area contributed by atoms with Gasteiger partial charge in [0, 0.05) is 22.3 Å². The minimum absolute atomic E-state index is 0. The van der Waals surface area contributed by atoms with Gasteiger partial charge in [0.15, 0.2) is 0 Å². The monoisotopic (exact) mass is 454 g/mol. The van der Waals surface area contributed by atoms with Gasteiger partial charge in [-0.25, -0.2) is 0 Å². The molecule has 0 saturated carbocycles. The van der Waals surface area contributed by atoms with E-state index < -0.39 is 6.15 Å². The summed E-state index contributed by atoms with van der Waals surface area (Å²) in [4.78, 5) is 45.2. The van der Waals surface area contributed by atoms with Crippen molar-refractivity contribution in [2.45, 2.75) is 0 Å². The molecule has 0 amide bonds. The average Bonchev–Trinajstić information content (AvgIpc) is 2.90. The standard InChI is InChI=1S/C28H20BO4.Na/c30-17-21-1-9-25(10-2-21)29(26-11-3-22(18-31)4-12-26,27-13-5-23(19-32)6-14-27)28-15-7-24(20-33)8-16-28;/h1-20H;/q-1;+1. The Morgan fingerprint density at radius 3 is 0.676 bits per heavy atom. The van der Waals surface area contributed by atoms with Crippen LogP contribution in [0.2, 0.25) is 0 Å². The molecule has 0 atom stereocenters. The van der Waals surface area contributed by atoms with Gasteiger partial charge in [0.2, 0.25) is 0 Å². The van der Waals surface area contributed by atoms with Gasteiger partial charge in [-0.05, 0) is 0 Å². The second-order valence-corrected chi connectivity index (χ2v) is 8.00. The molecule has 0 aliphatic heterocycles. The van der Waals surface area contributed by atoms with Crippen molar-refractivity contribution in [1.29, 1.82) is 0 Å². The minimum Gasteiger partial charge on any atom is -0.298 e. The number of benzene rings is 4. The van der Waals surface area contributed by atoms with Crippen molar-refractivity contribution in [3.63, 3.8) is 0 Å². The van der Waals surface area contributed by atoms with Gasteiger partial charge in [0.1, 0.15) is 31.3 Å². The van der Waals surface area contributed by atoms with E-state index in [9.17, 15) is 19.2 Å². The van der Waals surface area contributed by atoms with E-state index in [2.05, 4.69) is 0 Å². The quantitative estimate of drug-likeness (QED) is 0.262. The number of hydrogen-bond donors (Lipinski definition) is 0. The largest absolute Gasteiger partial charge is 1.00 e. The molecule has 4 rings (SSSR count). The van der Waals surface area contributed by atoms with Crippen molar-refractivity contribution in [3.05, 3.63) is 119 Å². The van der Waals surface area contributed by atoms with Gasteiger partial charge in [0.05, 0.1) is 0 Å². The van der Waals surface area contributed by atoms with Gasteiger partial charge < -0.3 is 0 Å². The predicted octanol–water partition coefficient (Wildman–Crippen LogP) is -0.682. The maximum absolute atomic E-state index is 11.3. The molecule has 4 nitrogen and oxygen atoms in total. The van der Waals surface area contributed by atoms with Gasteiger partial charge in [-0.2, -0.15) is 21.9 Å². The molecule has 0 bridgehead atoms. The van der Waals surface area contributed by atoms with E-state index in [0.717, 1.165) is 47.0 Å². The van der Waals surface area contributed by atoms with Crippen LogP contribution in [0.4, 0.5) is 0 Å². The summed E-state index contributed by atoms with van der Waals surface area (Å²) in [7, 11) is 0. The normalized spacial score (nSPS) is 10.6. The molecule has 4 aromatic carbocycles. The molecular formula is C28H20BNaO4. The molecule has 0 spiro atoms. The van der Waals surface area contributed by atoms with Crippen molar-refractivity contribution in [2.75, 3.05) is 0 Å². The third kappa shape index (κ3) is 4.64. The number of hydrogen-bond acceptors (Lipinski definition) is 4. The fraction of sp³-hybridized carbons (Fsp3) is 0. The van der Waals surface area contributed by atoms with Crippen LogP contribution in [0.25, 0.3) is 0 Å². The molecule has 0 aliphatic carbocycles. The van der Waals surface area contributed by atoms with Crippen molar-refractivity contribution < 1.29 is 48.7 Å². The Labute approximate surface area is 220 Å². The maximum Gasteiger partial charge on any atom is 1.00 e. The molecule has 160 valence electrons. The Morgan fingerprint density at radius 2 is 0.529 bits per heavy atom. The summed E-state index contributed by atoms with van der Waals surface area (Å²) >= 11 is 0. The fourth-order valence-electron chi connectivity index (χ4n) is 4.61. The number of aldehydes is 4. The summed E-state index contributed by atoms with van der Waals surface area (Å²) < 4.78 is 0. The first-order valence-corrected chi connectivity index (χ1v) is 10.5. The van der Waals surface area contributed by atoms with E-state index in [1.165, 1.54) is 0 Å². The summed E-state index contributed by atoms with van der Waals surface area (Å²) in [5.74, 6) is 0. The molecule has 0 unspecified atom stereocenters.